The first-order chi connectivity index (χ1) is 16.1. The lowest BCUT2D eigenvalue weighted by Crippen LogP contribution is -2.42. The summed E-state index contributed by atoms with van der Waals surface area (Å²) in [6.07, 6.45) is -3.77. The summed E-state index contributed by atoms with van der Waals surface area (Å²) < 4.78 is 80.3. The van der Waals surface area contributed by atoms with E-state index >= 15 is 4.39 Å². The van der Waals surface area contributed by atoms with Crippen LogP contribution in [0.5, 0.6) is 0 Å². The molecule has 0 aliphatic carbocycles. The van der Waals surface area contributed by atoms with Gasteiger partial charge in [0, 0.05) is 0 Å². The Morgan fingerprint density at radius 2 is 1.89 bits per heavy atom. The minimum Gasteiger partial charge on any atom is -0.386 e. The van der Waals surface area contributed by atoms with E-state index in [0.29, 0.717) is 0 Å². The first-order valence-electron chi connectivity index (χ1n) is 8.89. The molecule has 0 bridgehead atoms. The van der Waals surface area contributed by atoms with Crippen LogP contribution in [0.15, 0.2) is 12.5 Å². The highest BCUT2D eigenvalue weighted by Gasteiger charge is 2.58. The average molecular weight is 565 g/mol. The number of aliphatic hydroxyl groups excluding tert-OH is 1. The minimum atomic E-state index is -5.82. The van der Waals surface area contributed by atoms with Crippen LogP contribution < -0.4 is 5.73 Å². The van der Waals surface area contributed by atoms with Gasteiger partial charge in [-0.05, 0) is 0 Å². The lowest BCUT2D eigenvalue weighted by atomic mass is 9.96. The van der Waals surface area contributed by atoms with Gasteiger partial charge in [-0.15, -0.1) is 0 Å². The smallest absolute Gasteiger partial charge is 0.386 e. The fraction of sp³-hybridized carbons (Fsp3) is 0.462. The maximum absolute atomic E-state index is 15.8. The zero-order valence-electron chi connectivity index (χ0n) is 16.9. The number of phosphoric acid groups is 3. The zero-order valence-corrected chi connectivity index (χ0v) is 19.5. The lowest BCUT2D eigenvalue weighted by Gasteiger charge is -2.23. The van der Waals surface area contributed by atoms with Crippen molar-refractivity contribution in [3.8, 4) is 11.8 Å². The Bertz CT molecular complexity index is 1310. The minimum absolute atomic E-state index is 0.0766. The number of rotatable bonds is 8. The molecule has 1 fully saturated rings. The molecule has 35 heavy (non-hydrogen) atoms. The Balaban J connectivity index is 1.85. The molecule has 3 heterocycles. The molecule has 6 atom stereocenters. The topological polar surface area (TPSA) is 259 Å². The molecule has 2 aromatic rings. The molecular weight excluding hydrogens is 549 g/mol. The maximum Gasteiger partial charge on any atom is 0.490 e. The van der Waals surface area contributed by atoms with Crippen LogP contribution in [-0.2, 0) is 31.6 Å². The second kappa shape index (κ2) is 9.87. The summed E-state index contributed by atoms with van der Waals surface area (Å²) in [6, 6.07) is 0. The fourth-order valence-corrected chi connectivity index (χ4v) is 5.97. The third kappa shape index (κ3) is 6.46. The molecule has 1 aliphatic rings. The van der Waals surface area contributed by atoms with E-state index < -0.39 is 60.9 Å². The van der Waals surface area contributed by atoms with Crippen LogP contribution in [0.25, 0.3) is 11.2 Å². The number of phosphoric ester groups is 1. The van der Waals surface area contributed by atoms with Gasteiger partial charge < -0.3 is 35.2 Å². The number of nitrogen functional groups attached to an aromatic ring is 1. The van der Waals surface area contributed by atoms with E-state index in [4.69, 9.17) is 20.3 Å². The van der Waals surface area contributed by atoms with E-state index in [0.717, 1.165) is 10.9 Å². The van der Waals surface area contributed by atoms with Gasteiger partial charge in [0.05, 0.1) is 19.1 Å². The van der Waals surface area contributed by atoms with Crippen molar-refractivity contribution in [1.29, 1.82) is 0 Å². The summed E-state index contributed by atoms with van der Waals surface area (Å²) in [7, 11) is -17.1. The number of aromatic nitrogens is 4. The first-order valence-corrected chi connectivity index (χ1v) is 13.4. The Hall–Kier alpha value is -1.90. The maximum atomic E-state index is 15.8. The van der Waals surface area contributed by atoms with Gasteiger partial charge in [-0.1, -0.05) is 11.8 Å². The number of nitrogens with two attached hydrogens (primary N) is 1. The van der Waals surface area contributed by atoms with E-state index in [-0.39, 0.29) is 17.1 Å². The Labute approximate surface area is 193 Å². The predicted molar refractivity (Wildman–Crippen MR) is 107 cm³/mol. The molecule has 3 rings (SSSR count). The molecule has 0 saturated carbocycles. The van der Waals surface area contributed by atoms with Crippen LogP contribution in [0.1, 0.15) is 6.23 Å². The molecule has 22 heteroatoms. The van der Waals surface area contributed by atoms with E-state index in [2.05, 4.69) is 28.1 Å². The van der Waals surface area contributed by atoms with Crippen LogP contribution in [0.4, 0.5) is 14.7 Å². The second-order valence-electron chi connectivity index (χ2n) is 6.65. The summed E-state index contributed by atoms with van der Waals surface area (Å²) in [5.41, 5.74) is 2.50. The van der Waals surface area contributed by atoms with Crippen molar-refractivity contribution in [1.82, 2.24) is 19.5 Å². The Kier molecular flexibility index (Phi) is 7.80. The standard InChI is InChI=1S/C13H16F2N5O12P3/c14-3-1-2-13(15)9(21)8(5-29-34(25,26)32-35(27,28)31-33(22,23)24)30-11(13)20-6-18-7-4-17-12(16)19-10(7)20/h4,6,8-9,11,21H,3,5H2,(H,25,26)(H,27,28)(H2,16,17,19)(H2,22,23,24)/t8-,9+,11-,13?/m1/s1. The van der Waals surface area contributed by atoms with Crippen LogP contribution in [0, 0.1) is 11.8 Å². The van der Waals surface area contributed by atoms with Gasteiger partial charge in [0.1, 0.15) is 24.4 Å². The van der Waals surface area contributed by atoms with Crippen molar-refractivity contribution in [3.05, 3.63) is 12.5 Å². The number of nitrogens with zero attached hydrogens (tertiary/aromatic N) is 4. The third-order valence-corrected chi connectivity index (χ3v) is 8.00. The molecule has 0 amide bonds. The molecule has 3 unspecified atom stereocenters. The quantitative estimate of drug-likeness (QED) is 0.177. The largest absolute Gasteiger partial charge is 0.490 e. The number of anilines is 1. The molecule has 1 aliphatic heterocycles. The van der Waals surface area contributed by atoms with Crippen molar-refractivity contribution < 1.29 is 65.0 Å². The Morgan fingerprint density at radius 1 is 1.20 bits per heavy atom. The summed E-state index contributed by atoms with van der Waals surface area (Å²) in [5, 5.41) is 10.5. The molecule has 2 aromatic heterocycles. The monoisotopic (exact) mass is 565 g/mol. The highest BCUT2D eigenvalue weighted by molar-refractivity contribution is 7.66. The first kappa shape index (κ1) is 27.7. The molecule has 1 saturated heterocycles. The van der Waals surface area contributed by atoms with Gasteiger partial charge in [-0.2, -0.15) is 13.6 Å². The highest BCUT2D eigenvalue weighted by atomic mass is 31.3. The molecule has 0 radical (unpaired) electrons. The summed E-state index contributed by atoms with van der Waals surface area (Å²) >= 11 is 0. The van der Waals surface area contributed by atoms with Crippen LogP contribution in [0.3, 0.4) is 0 Å². The van der Waals surface area contributed by atoms with Gasteiger partial charge in [-0.3, -0.25) is 9.09 Å². The molecule has 7 N–H and O–H groups in total. The van der Waals surface area contributed by atoms with Crippen molar-refractivity contribution in [2.24, 2.45) is 0 Å². The molecule has 17 nitrogen and oxygen atoms in total. The number of hydrogen-bond acceptors (Lipinski definition) is 12. The lowest BCUT2D eigenvalue weighted by molar-refractivity contribution is -0.0496. The van der Waals surface area contributed by atoms with Crippen molar-refractivity contribution in [2.45, 2.75) is 24.1 Å². The summed E-state index contributed by atoms with van der Waals surface area (Å²) in [5.74, 6) is 3.44. The highest BCUT2D eigenvalue weighted by Crippen LogP contribution is 2.66. The predicted octanol–water partition coefficient (Wildman–Crippen LogP) is -0.309. The van der Waals surface area contributed by atoms with Gasteiger partial charge >= 0.3 is 23.5 Å². The van der Waals surface area contributed by atoms with Gasteiger partial charge in [0.15, 0.2) is 11.9 Å². The van der Waals surface area contributed by atoms with Crippen LogP contribution in [0.2, 0.25) is 0 Å². The van der Waals surface area contributed by atoms with Gasteiger partial charge in [0.2, 0.25) is 11.6 Å². The molecule has 194 valence electrons. The molecular formula is C13H16F2N5O12P3. The number of imidazole rings is 1. The van der Waals surface area contributed by atoms with E-state index in [1.807, 2.05) is 5.92 Å². The number of halogens is 2. The Morgan fingerprint density at radius 3 is 2.51 bits per heavy atom. The van der Waals surface area contributed by atoms with Crippen LogP contribution >= 0.6 is 23.5 Å². The van der Waals surface area contributed by atoms with E-state index in [1.54, 1.807) is 5.92 Å². The van der Waals surface area contributed by atoms with Gasteiger partial charge in [-0.25, -0.2) is 32.4 Å². The normalized spacial score (nSPS) is 28.3. The number of hydrogen-bond donors (Lipinski definition) is 6. The number of aliphatic hydroxyl groups is 1. The zero-order chi connectivity index (χ0) is 26.2. The average Bonchev–Trinajstić information content (AvgIpc) is 3.21. The number of alkyl halides is 2. The number of ether oxygens (including phenoxy) is 1. The molecule has 0 spiro atoms. The number of fused-ring (bicyclic) bond motifs is 1. The van der Waals surface area contributed by atoms with Crippen LogP contribution in [-0.4, -0.2) is 75.4 Å². The molecule has 0 aromatic carbocycles. The third-order valence-electron chi connectivity index (χ3n) is 4.20. The van der Waals surface area contributed by atoms with E-state index in [1.165, 1.54) is 6.20 Å². The van der Waals surface area contributed by atoms with Crippen molar-refractivity contribution >= 4 is 40.6 Å². The fourth-order valence-electron chi connectivity index (χ4n) is 2.94. The summed E-state index contributed by atoms with van der Waals surface area (Å²) in [4.78, 5) is 47.3. The SMILES string of the molecule is Nc1ncc2ncn([C@@H]3O[C@H](COP(=O)(O)OP(=O)(O)OP(=O)(O)O)[C@H](O)C3(F)C#CCF)c2n1. The van der Waals surface area contributed by atoms with Crippen molar-refractivity contribution in [2.75, 3.05) is 19.0 Å². The second-order valence-corrected chi connectivity index (χ2v) is 11.1. The van der Waals surface area contributed by atoms with Crippen molar-refractivity contribution in [3.63, 3.8) is 0 Å². The van der Waals surface area contributed by atoms with Gasteiger partial charge in [0.25, 0.3) is 0 Å². The summed E-state index contributed by atoms with van der Waals surface area (Å²) in [6.45, 7) is -2.51. The van der Waals surface area contributed by atoms with E-state index in [9.17, 15) is 33.0 Å².